The summed E-state index contributed by atoms with van der Waals surface area (Å²) in [6.45, 7) is 6.02. The van der Waals surface area contributed by atoms with E-state index in [1.165, 1.54) is 26.2 Å². The van der Waals surface area contributed by atoms with E-state index in [1.807, 2.05) is 67.8 Å². The van der Waals surface area contributed by atoms with Crippen molar-refractivity contribution in [2.75, 3.05) is 20.6 Å². The molecule has 1 aromatic heterocycles. The second kappa shape index (κ2) is 15.1. The number of para-hydroxylation sites is 2. The maximum Gasteiger partial charge on any atom is 0.303 e. The van der Waals surface area contributed by atoms with Crippen molar-refractivity contribution in [1.29, 1.82) is 0 Å². The summed E-state index contributed by atoms with van der Waals surface area (Å²) in [4.78, 5) is 49.3. The Labute approximate surface area is 305 Å². The maximum absolute atomic E-state index is 14.7. The van der Waals surface area contributed by atoms with Crippen LogP contribution >= 0.6 is 0 Å². The summed E-state index contributed by atoms with van der Waals surface area (Å²) in [5.41, 5.74) is 1.91. The summed E-state index contributed by atoms with van der Waals surface area (Å²) < 4.78 is 51.6. The molecule has 3 aromatic rings. The number of nitrogens with zero attached hydrogens (tertiary/aromatic N) is 4. The third-order valence-corrected chi connectivity index (χ3v) is 12.2. The first kappa shape index (κ1) is 37.7. The van der Waals surface area contributed by atoms with Gasteiger partial charge in [0.1, 0.15) is 11.9 Å². The highest BCUT2D eigenvalue weighted by atomic mass is 32.2. The highest BCUT2D eigenvalue weighted by Gasteiger charge is 2.61. The number of allylic oxidation sites excluding steroid dienone is 2. The van der Waals surface area contributed by atoms with Crippen molar-refractivity contribution in [1.82, 2.24) is 23.5 Å². The zero-order chi connectivity index (χ0) is 37.4. The van der Waals surface area contributed by atoms with Crippen molar-refractivity contribution >= 4 is 38.8 Å². The summed E-state index contributed by atoms with van der Waals surface area (Å²) in [5, 5.41) is 0. The first-order chi connectivity index (χ1) is 24.7. The van der Waals surface area contributed by atoms with Gasteiger partial charge in [-0.2, -0.15) is 17.7 Å². The Morgan fingerprint density at radius 1 is 1.13 bits per heavy atom. The van der Waals surface area contributed by atoms with Crippen LogP contribution in [0.4, 0.5) is 4.39 Å². The zero-order valence-electron chi connectivity index (χ0n) is 30.7. The minimum absolute atomic E-state index is 0.0216. The van der Waals surface area contributed by atoms with Gasteiger partial charge in [-0.15, -0.1) is 0 Å². The number of ketones is 1. The lowest BCUT2D eigenvalue weighted by molar-refractivity contribution is -0.142. The van der Waals surface area contributed by atoms with Gasteiger partial charge in [0.2, 0.25) is 11.8 Å². The van der Waals surface area contributed by atoms with Crippen molar-refractivity contribution in [3.8, 4) is 6.01 Å². The molecule has 0 radical (unpaired) electrons. The van der Waals surface area contributed by atoms with Crippen molar-refractivity contribution < 1.29 is 31.9 Å². The Balaban J connectivity index is 1.35. The molecular formula is C39H50FN5O6S. The van der Waals surface area contributed by atoms with E-state index in [4.69, 9.17) is 9.72 Å². The molecule has 1 N–H and O–H groups in total. The Bertz CT molecular complexity index is 1960. The molecule has 2 amide bonds. The second-order valence-corrected chi connectivity index (χ2v) is 17.1. The number of fused-ring (bicyclic) bond motifs is 3. The van der Waals surface area contributed by atoms with Gasteiger partial charge in [0.25, 0.3) is 6.01 Å². The lowest BCUT2D eigenvalue weighted by Gasteiger charge is -2.29. The fourth-order valence-corrected chi connectivity index (χ4v) is 8.53. The molecule has 3 aliphatic rings. The molecule has 0 unspecified atom stereocenters. The number of amides is 2. The van der Waals surface area contributed by atoms with Gasteiger partial charge in [0, 0.05) is 38.9 Å². The number of Topliss-reactive ketones (excluding diaryl/α,β-unsaturated/α-hetero) is 1. The molecule has 1 aliphatic carbocycles. The Hall–Kier alpha value is -4.10. The van der Waals surface area contributed by atoms with Gasteiger partial charge in [-0.3, -0.25) is 19.0 Å². The Kier molecular flexibility index (Phi) is 10.9. The molecule has 2 fully saturated rings. The Morgan fingerprint density at radius 3 is 2.63 bits per heavy atom. The van der Waals surface area contributed by atoms with Gasteiger partial charge in [-0.25, -0.2) is 9.11 Å². The molecule has 3 heterocycles. The first-order valence-electron chi connectivity index (χ1n) is 18.3. The van der Waals surface area contributed by atoms with Crippen LogP contribution in [-0.4, -0.2) is 77.6 Å². The molecule has 2 aliphatic heterocycles. The standard InChI is InChI=1S/C39H50FN5O6S/c1-25(2)45-33-16-12-11-15-32(33)41-38(45)51-31-21-34-35(46)23-39(37(48)42-52(49,50)43(4)5)22-29(39)14-10-8-6-7-9-13-28(36(47)44(34)24-31)19-27-17-26(3)18-30(40)20-27/h10-12,14-18,20,25,28-29,31,34H,6-9,13,19,21-24H2,1-5H3,(H,42,48)/b14-10-/t28-,29-,31-,34+,39-/m1/s1. The maximum atomic E-state index is 14.7. The number of benzene rings is 2. The molecule has 1 saturated heterocycles. The topological polar surface area (TPSA) is 131 Å². The number of hydrogen-bond donors (Lipinski definition) is 1. The predicted molar refractivity (Wildman–Crippen MR) is 196 cm³/mol. The van der Waals surface area contributed by atoms with Crippen LogP contribution in [0.25, 0.3) is 11.0 Å². The highest BCUT2D eigenvalue weighted by Crippen LogP contribution is 2.57. The van der Waals surface area contributed by atoms with Crippen LogP contribution in [0.1, 0.15) is 82.4 Å². The monoisotopic (exact) mass is 735 g/mol. The molecule has 13 heteroatoms. The minimum atomic E-state index is -4.10. The average molecular weight is 736 g/mol. The fraction of sp³-hybridized carbons (Fsp3) is 0.538. The third kappa shape index (κ3) is 7.95. The molecule has 1 saturated carbocycles. The number of hydrogen-bond acceptors (Lipinski definition) is 7. The van der Waals surface area contributed by atoms with Crippen LogP contribution < -0.4 is 9.46 Å². The largest absolute Gasteiger partial charge is 0.459 e. The number of carbonyl (C=O) groups excluding carboxylic acids is 3. The number of aromatic nitrogens is 2. The minimum Gasteiger partial charge on any atom is -0.459 e. The van der Waals surface area contributed by atoms with E-state index in [2.05, 4.69) is 4.72 Å². The van der Waals surface area contributed by atoms with E-state index in [0.717, 1.165) is 52.1 Å². The molecule has 52 heavy (non-hydrogen) atoms. The highest BCUT2D eigenvalue weighted by molar-refractivity contribution is 7.87. The van der Waals surface area contributed by atoms with Crippen LogP contribution in [0.5, 0.6) is 6.01 Å². The number of imidazole rings is 1. The van der Waals surface area contributed by atoms with E-state index in [0.29, 0.717) is 25.3 Å². The molecule has 6 rings (SSSR count). The average Bonchev–Trinajstić information content (AvgIpc) is 3.40. The van der Waals surface area contributed by atoms with Gasteiger partial charge in [0.15, 0.2) is 5.78 Å². The summed E-state index contributed by atoms with van der Waals surface area (Å²) in [7, 11) is -1.44. The number of halogens is 1. The molecule has 11 nitrogen and oxygen atoms in total. The van der Waals surface area contributed by atoms with Gasteiger partial charge >= 0.3 is 10.2 Å². The van der Waals surface area contributed by atoms with Gasteiger partial charge in [-0.1, -0.05) is 43.2 Å². The number of ether oxygens (including phenoxy) is 1. The number of aryl methyl sites for hydroxylation is 1. The van der Waals surface area contributed by atoms with Gasteiger partial charge < -0.3 is 9.64 Å². The molecule has 280 valence electrons. The van der Waals surface area contributed by atoms with Crippen LogP contribution in [0.3, 0.4) is 0 Å². The zero-order valence-corrected chi connectivity index (χ0v) is 31.5. The fourth-order valence-electron chi connectivity index (χ4n) is 7.91. The molecule has 2 aromatic carbocycles. The lowest BCUT2D eigenvalue weighted by atomic mass is 9.89. The second-order valence-electron chi connectivity index (χ2n) is 15.3. The van der Waals surface area contributed by atoms with E-state index in [1.54, 1.807) is 4.90 Å². The molecular weight excluding hydrogens is 686 g/mol. The van der Waals surface area contributed by atoms with E-state index >= 15 is 0 Å². The summed E-state index contributed by atoms with van der Waals surface area (Å²) in [5.74, 6) is -2.43. The number of carbonyl (C=O) groups is 3. The van der Waals surface area contributed by atoms with E-state index in [9.17, 15) is 27.2 Å². The third-order valence-electron chi connectivity index (χ3n) is 10.8. The van der Waals surface area contributed by atoms with Crippen LogP contribution in [0.2, 0.25) is 0 Å². The molecule has 0 spiro atoms. The predicted octanol–water partition coefficient (Wildman–Crippen LogP) is 5.68. The van der Waals surface area contributed by atoms with Crippen LogP contribution in [0.15, 0.2) is 54.6 Å². The first-order valence-corrected chi connectivity index (χ1v) is 19.8. The van der Waals surface area contributed by atoms with Crippen molar-refractivity contribution in [2.45, 2.75) is 96.7 Å². The SMILES string of the molecule is Cc1cc(F)cc(C[C@H]2CCCCC/C=C\[C@@H]3C[C@@]3(C(=O)NS(=O)(=O)N(C)C)CC(=O)[C@@H]3C[C@@H](Oc4nc5ccccc5n4C(C)C)CN3C2=O)c1. The van der Waals surface area contributed by atoms with Crippen molar-refractivity contribution in [3.63, 3.8) is 0 Å². The number of rotatable bonds is 8. The van der Waals surface area contributed by atoms with E-state index in [-0.39, 0.29) is 48.9 Å². The summed E-state index contributed by atoms with van der Waals surface area (Å²) >= 11 is 0. The van der Waals surface area contributed by atoms with Gasteiger partial charge in [0.05, 0.1) is 29.0 Å². The van der Waals surface area contributed by atoms with Crippen molar-refractivity contribution in [2.24, 2.45) is 17.3 Å². The van der Waals surface area contributed by atoms with Gasteiger partial charge in [-0.05, 0) is 94.2 Å². The van der Waals surface area contributed by atoms with Crippen LogP contribution in [-0.2, 0) is 31.0 Å². The quantitative estimate of drug-likeness (QED) is 0.295. The smallest absolute Gasteiger partial charge is 0.303 e. The molecule has 5 atom stereocenters. The summed E-state index contributed by atoms with van der Waals surface area (Å²) in [6.07, 6.45) is 7.82. The Morgan fingerprint density at radius 2 is 1.90 bits per heavy atom. The van der Waals surface area contributed by atoms with Crippen molar-refractivity contribution in [3.05, 3.63) is 71.6 Å². The van der Waals surface area contributed by atoms with Crippen LogP contribution in [0, 0.1) is 30.0 Å². The molecule has 0 bridgehead atoms. The number of nitrogens with one attached hydrogen (secondary N) is 1. The van der Waals surface area contributed by atoms with E-state index < -0.39 is 39.6 Å². The summed E-state index contributed by atoms with van der Waals surface area (Å²) in [6, 6.07) is 12.1. The lowest BCUT2D eigenvalue weighted by Crippen LogP contribution is -2.47. The normalized spacial score (nSPS) is 26.5.